The molecule has 0 aromatic heterocycles. The van der Waals surface area contributed by atoms with Crippen molar-refractivity contribution >= 4 is 5.91 Å². The summed E-state index contributed by atoms with van der Waals surface area (Å²) < 4.78 is 25.6. The average molecular weight is 259 g/mol. The van der Waals surface area contributed by atoms with E-state index in [1.54, 1.807) is 0 Å². The highest BCUT2D eigenvalue weighted by Gasteiger charge is 2.14. The first-order valence-electron chi connectivity index (χ1n) is 5.52. The zero-order chi connectivity index (χ0) is 13.5. The van der Waals surface area contributed by atoms with Gasteiger partial charge in [-0.1, -0.05) is 6.07 Å². The van der Waals surface area contributed by atoms with Crippen molar-refractivity contribution < 1.29 is 23.8 Å². The van der Waals surface area contributed by atoms with Gasteiger partial charge in [0, 0.05) is 13.1 Å². The van der Waals surface area contributed by atoms with Gasteiger partial charge in [0.15, 0.2) is 11.6 Å². The highest BCUT2D eigenvalue weighted by Crippen LogP contribution is 2.10. The second-order valence-electron chi connectivity index (χ2n) is 3.75. The molecule has 1 aromatic carbocycles. The van der Waals surface area contributed by atoms with Crippen LogP contribution in [-0.2, 0) is 11.2 Å². The standard InChI is InChI=1S/C12H15F2NO3/c13-10-2-1-9(7-11(10)14)8-12(18)15(3-5-16)4-6-17/h1-2,7,16-17H,3-6,8H2. The smallest absolute Gasteiger partial charge is 0.227 e. The Morgan fingerprint density at radius 1 is 1.11 bits per heavy atom. The lowest BCUT2D eigenvalue weighted by Gasteiger charge is -2.20. The van der Waals surface area contributed by atoms with E-state index in [0.29, 0.717) is 5.56 Å². The van der Waals surface area contributed by atoms with Gasteiger partial charge >= 0.3 is 0 Å². The number of rotatable bonds is 6. The summed E-state index contributed by atoms with van der Waals surface area (Å²) in [6.07, 6.45) is -0.100. The van der Waals surface area contributed by atoms with E-state index in [1.807, 2.05) is 0 Å². The molecule has 0 unspecified atom stereocenters. The van der Waals surface area contributed by atoms with E-state index in [1.165, 1.54) is 11.0 Å². The van der Waals surface area contributed by atoms with Crippen molar-refractivity contribution in [3.8, 4) is 0 Å². The van der Waals surface area contributed by atoms with Crippen LogP contribution in [0.2, 0.25) is 0 Å². The predicted molar refractivity (Wildman–Crippen MR) is 60.8 cm³/mol. The van der Waals surface area contributed by atoms with Crippen LogP contribution in [0.15, 0.2) is 18.2 Å². The maximum absolute atomic E-state index is 12.9. The maximum Gasteiger partial charge on any atom is 0.227 e. The molecule has 0 saturated carbocycles. The molecule has 0 radical (unpaired) electrons. The van der Waals surface area contributed by atoms with E-state index < -0.39 is 11.6 Å². The Hall–Kier alpha value is -1.53. The monoisotopic (exact) mass is 259 g/mol. The van der Waals surface area contributed by atoms with E-state index in [2.05, 4.69) is 0 Å². The minimum Gasteiger partial charge on any atom is -0.395 e. The number of carbonyl (C=O) groups is 1. The van der Waals surface area contributed by atoms with E-state index in [-0.39, 0.29) is 38.6 Å². The first-order chi connectivity index (χ1) is 8.58. The molecule has 18 heavy (non-hydrogen) atoms. The van der Waals surface area contributed by atoms with Crippen molar-refractivity contribution in [1.82, 2.24) is 4.90 Å². The fourth-order valence-electron chi connectivity index (χ4n) is 1.54. The Labute approximate surface area is 103 Å². The minimum atomic E-state index is -1.00. The van der Waals surface area contributed by atoms with Gasteiger partial charge in [0.25, 0.3) is 0 Å². The van der Waals surface area contributed by atoms with Crippen LogP contribution in [0.25, 0.3) is 0 Å². The molecule has 1 amide bonds. The maximum atomic E-state index is 12.9. The van der Waals surface area contributed by atoms with Crippen LogP contribution >= 0.6 is 0 Å². The highest BCUT2D eigenvalue weighted by molar-refractivity contribution is 5.78. The van der Waals surface area contributed by atoms with E-state index in [0.717, 1.165) is 12.1 Å². The quantitative estimate of drug-likeness (QED) is 0.773. The van der Waals surface area contributed by atoms with E-state index >= 15 is 0 Å². The van der Waals surface area contributed by atoms with Crippen LogP contribution in [0.4, 0.5) is 8.78 Å². The predicted octanol–water partition coefficient (Wildman–Crippen LogP) is 0.321. The van der Waals surface area contributed by atoms with Gasteiger partial charge in [-0.3, -0.25) is 4.79 Å². The molecule has 6 heteroatoms. The lowest BCUT2D eigenvalue weighted by Crippen LogP contribution is -2.36. The Morgan fingerprint density at radius 3 is 2.22 bits per heavy atom. The van der Waals surface area contributed by atoms with Crippen molar-refractivity contribution in [2.45, 2.75) is 6.42 Å². The molecular formula is C12H15F2NO3. The molecule has 4 nitrogen and oxygen atoms in total. The summed E-state index contributed by atoms with van der Waals surface area (Å²) in [7, 11) is 0. The number of halogens is 2. The third-order valence-corrected chi connectivity index (χ3v) is 2.43. The SMILES string of the molecule is O=C(Cc1ccc(F)c(F)c1)N(CCO)CCO. The second kappa shape index (κ2) is 7.03. The summed E-state index contributed by atoms with van der Waals surface area (Å²) in [5.74, 6) is -2.32. The lowest BCUT2D eigenvalue weighted by molar-refractivity contribution is -0.131. The molecule has 0 aliphatic heterocycles. The van der Waals surface area contributed by atoms with Crippen LogP contribution in [-0.4, -0.2) is 47.3 Å². The van der Waals surface area contributed by atoms with Gasteiger partial charge < -0.3 is 15.1 Å². The van der Waals surface area contributed by atoms with Gasteiger partial charge in [0.05, 0.1) is 19.6 Å². The van der Waals surface area contributed by atoms with Gasteiger partial charge in [-0.2, -0.15) is 0 Å². The summed E-state index contributed by atoms with van der Waals surface area (Å²) in [6, 6.07) is 3.25. The van der Waals surface area contributed by atoms with Gasteiger partial charge in [0.2, 0.25) is 5.91 Å². The van der Waals surface area contributed by atoms with Crippen molar-refractivity contribution in [2.24, 2.45) is 0 Å². The molecule has 0 fully saturated rings. The first-order valence-corrected chi connectivity index (χ1v) is 5.52. The zero-order valence-corrected chi connectivity index (χ0v) is 9.77. The third kappa shape index (κ3) is 4.05. The van der Waals surface area contributed by atoms with Crippen LogP contribution in [0.5, 0.6) is 0 Å². The number of carbonyl (C=O) groups excluding carboxylic acids is 1. The zero-order valence-electron chi connectivity index (χ0n) is 9.77. The summed E-state index contributed by atoms with van der Waals surface area (Å²) in [5.41, 5.74) is 0.347. The number of benzene rings is 1. The van der Waals surface area contributed by atoms with Crippen molar-refractivity contribution in [1.29, 1.82) is 0 Å². The lowest BCUT2D eigenvalue weighted by atomic mass is 10.1. The van der Waals surface area contributed by atoms with Crippen LogP contribution < -0.4 is 0 Å². The molecule has 0 spiro atoms. The molecule has 0 heterocycles. The molecule has 0 bridgehead atoms. The Morgan fingerprint density at radius 2 is 1.72 bits per heavy atom. The molecule has 2 N–H and O–H groups in total. The van der Waals surface area contributed by atoms with Crippen LogP contribution in [0, 0.1) is 11.6 Å². The summed E-state index contributed by atoms with van der Waals surface area (Å²) >= 11 is 0. The first kappa shape index (κ1) is 14.5. The highest BCUT2D eigenvalue weighted by atomic mass is 19.2. The fraction of sp³-hybridized carbons (Fsp3) is 0.417. The molecule has 100 valence electrons. The number of hydrogen-bond donors (Lipinski definition) is 2. The third-order valence-electron chi connectivity index (χ3n) is 2.43. The second-order valence-corrected chi connectivity index (χ2v) is 3.75. The van der Waals surface area contributed by atoms with Gasteiger partial charge in [-0.15, -0.1) is 0 Å². The topological polar surface area (TPSA) is 60.8 Å². The van der Waals surface area contributed by atoms with Crippen molar-refractivity contribution in [3.63, 3.8) is 0 Å². The van der Waals surface area contributed by atoms with E-state index in [4.69, 9.17) is 10.2 Å². The van der Waals surface area contributed by atoms with Gasteiger partial charge in [-0.05, 0) is 17.7 Å². The Balaban J connectivity index is 2.69. The number of aliphatic hydroxyl groups excluding tert-OH is 2. The molecular weight excluding hydrogens is 244 g/mol. The molecule has 0 saturated heterocycles. The minimum absolute atomic E-state index is 0.100. The van der Waals surface area contributed by atoms with Crippen molar-refractivity contribution in [3.05, 3.63) is 35.4 Å². The molecule has 0 aliphatic carbocycles. The number of aliphatic hydroxyl groups is 2. The van der Waals surface area contributed by atoms with Crippen LogP contribution in [0.1, 0.15) is 5.56 Å². The molecule has 1 aromatic rings. The van der Waals surface area contributed by atoms with Gasteiger partial charge in [0.1, 0.15) is 0 Å². The molecule has 0 aliphatic rings. The van der Waals surface area contributed by atoms with E-state index in [9.17, 15) is 13.6 Å². The normalized spacial score (nSPS) is 10.4. The Kier molecular flexibility index (Phi) is 5.67. The summed E-state index contributed by atoms with van der Waals surface area (Å²) in [6.45, 7) is -0.237. The van der Waals surface area contributed by atoms with Crippen molar-refractivity contribution in [2.75, 3.05) is 26.3 Å². The number of amides is 1. The number of nitrogens with zero attached hydrogens (tertiary/aromatic N) is 1. The largest absolute Gasteiger partial charge is 0.395 e. The fourth-order valence-corrected chi connectivity index (χ4v) is 1.54. The Bertz CT molecular complexity index is 406. The van der Waals surface area contributed by atoms with Crippen LogP contribution in [0.3, 0.4) is 0 Å². The molecule has 0 atom stereocenters. The summed E-state index contributed by atoms with van der Waals surface area (Å²) in [4.78, 5) is 13.0. The number of hydrogen-bond acceptors (Lipinski definition) is 3. The summed E-state index contributed by atoms with van der Waals surface area (Å²) in [5, 5.41) is 17.5. The van der Waals surface area contributed by atoms with Gasteiger partial charge in [-0.25, -0.2) is 8.78 Å². The average Bonchev–Trinajstić information content (AvgIpc) is 2.33. The molecule has 1 rings (SSSR count).